The molecule has 5 nitrogen and oxygen atoms in total. The highest BCUT2D eigenvalue weighted by Gasteiger charge is 2.21. The summed E-state index contributed by atoms with van der Waals surface area (Å²) in [5.41, 5.74) is 0.555. The summed E-state index contributed by atoms with van der Waals surface area (Å²) < 4.78 is 0. The lowest BCUT2D eigenvalue weighted by atomic mass is 10.0. The highest BCUT2D eigenvalue weighted by atomic mass is 16.3. The third kappa shape index (κ3) is 3.85. The normalized spacial score (nSPS) is 14.2. The molecule has 1 atom stereocenters. The Balaban J connectivity index is 2.90. The van der Waals surface area contributed by atoms with Crippen molar-refractivity contribution in [3.05, 3.63) is 11.8 Å². The number of rotatable bonds is 6. The van der Waals surface area contributed by atoms with Crippen molar-refractivity contribution in [2.24, 2.45) is 0 Å². The van der Waals surface area contributed by atoms with Crippen molar-refractivity contribution in [1.82, 2.24) is 9.97 Å². The number of aryl methyl sites for hydroxylation is 1. The molecule has 1 heterocycles. The number of nitrogens with zero attached hydrogens (tertiary/aromatic N) is 2. The second-order valence-corrected chi connectivity index (χ2v) is 4.45. The van der Waals surface area contributed by atoms with E-state index in [2.05, 4.69) is 20.6 Å². The van der Waals surface area contributed by atoms with Crippen molar-refractivity contribution in [3.8, 4) is 0 Å². The van der Waals surface area contributed by atoms with Gasteiger partial charge in [-0.05, 0) is 27.2 Å². The molecular formula is C12H22N4O. The van der Waals surface area contributed by atoms with Crippen molar-refractivity contribution in [2.45, 2.75) is 39.7 Å². The van der Waals surface area contributed by atoms with Crippen LogP contribution in [0.4, 0.5) is 11.8 Å². The zero-order valence-corrected chi connectivity index (χ0v) is 11.0. The van der Waals surface area contributed by atoms with E-state index >= 15 is 0 Å². The smallest absolute Gasteiger partial charge is 0.224 e. The van der Waals surface area contributed by atoms with Gasteiger partial charge < -0.3 is 15.7 Å². The van der Waals surface area contributed by atoms with Crippen LogP contribution in [0.1, 0.15) is 32.9 Å². The molecule has 5 heteroatoms. The monoisotopic (exact) mass is 238 g/mol. The summed E-state index contributed by atoms with van der Waals surface area (Å²) in [7, 11) is 0. The average Bonchev–Trinajstić information content (AvgIpc) is 2.28. The molecule has 0 aliphatic carbocycles. The third-order valence-electron chi connectivity index (χ3n) is 2.75. The Morgan fingerprint density at radius 3 is 2.59 bits per heavy atom. The lowest BCUT2D eigenvalue weighted by molar-refractivity contribution is 0.218. The first-order chi connectivity index (χ1) is 8.03. The molecule has 0 radical (unpaired) electrons. The maximum Gasteiger partial charge on any atom is 0.224 e. The van der Waals surface area contributed by atoms with Crippen LogP contribution in [0.2, 0.25) is 0 Å². The van der Waals surface area contributed by atoms with Gasteiger partial charge in [0.15, 0.2) is 0 Å². The van der Waals surface area contributed by atoms with Gasteiger partial charge in [-0.25, -0.2) is 4.98 Å². The standard InChI is InChI=1S/C12H22N4O/c1-5-12(4,8-17)16-10-7-9(3)14-11(15-10)13-6-2/h7,17H,5-6,8H2,1-4H3,(H2,13,14,15,16). The number of aliphatic hydroxyl groups excluding tert-OH is 1. The summed E-state index contributed by atoms with van der Waals surface area (Å²) >= 11 is 0. The Morgan fingerprint density at radius 2 is 2.06 bits per heavy atom. The predicted octanol–water partition coefficient (Wildman–Crippen LogP) is 1.79. The van der Waals surface area contributed by atoms with E-state index in [0.29, 0.717) is 5.95 Å². The molecule has 0 aliphatic rings. The molecule has 17 heavy (non-hydrogen) atoms. The first kappa shape index (κ1) is 13.7. The van der Waals surface area contributed by atoms with Crippen LogP contribution in [0.3, 0.4) is 0 Å². The topological polar surface area (TPSA) is 70.1 Å². The summed E-state index contributed by atoms with van der Waals surface area (Å²) in [6.45, 7) is 8.79. The van der Waals surface area contributed by atoms with Gasteiger partial charge >= 0.3 is 0 Å². The molecule has 0 saturated heterocycles. The van der Waals surface area contributed by atoms with E-state index in [9.17, 15) is 5.11 Å². The van der Waals surface area contributed by atoms with Crippen LogP contribution in [-0.2, 0) is 0 Å². The molecule has 1 aromatic heterocycles. The van der Waals surface area contributed by atoms with Crippen LogP contribution in [0.25, 0.3) is 0 Å². The first-order valence-corrected chi connectivity index (χ1v) is 6.01. The van der Waals surface area contributed by atoms with Crippen LogP contribution < -0.4 is 10.6 Å². The summed E-state index contributed by atoms with van der Waals surface area (Å²) in [6, 6.07) is 1.88. The van der Waals surface area contributed by atoms with Crippen LogP contribution in [0.15, 0.2) is 6.07 Å². The fraction of sp³-hybridized carbons (Fsp3) is 0.667. The van der Waals surface area contributed by atoms with Crippen molar-refractivity contribution in [3.63, 3.8) is 0 Å². The van der Waals surface area contributed by atoms with E-state index in [-0.39, 0.29) is 12.1 Å². The van der Waals surface area contributed by atoms with Crippen LogP contribution >= 0.6 is 0 Å². The van der Waals surface area contributed by atoms with Crippen LogP contribution in [0, 0.1) is 6.92 Å². The Kier molecular flexibility index (Phi) is 4.69. The summed E-state index contributed by atoms with van der Waals surface area (Å²) in [5.74, 6) is 1.36. The second kappa shape index (κ2) is 5.82. The number of hydrogen-bond donors (Lipinski definition) is 3. The average molecular weight is 238 g/mol. The van der Waals surface area contributed by atoms with Crippen molar-refractivity contribution >= 4 is 11.8 Å². The quantitative estimate of drug-likeness (QED) is 0.705. The predicted molar refractivity (Wildman–Crippen MR) is 70.3 cm³/mol. The molecule has 0 bridgehead atoms. The zero-order chi connectivity index (χ0) is 12.9. The van der Waals surface area contributed by atoms with E-state index in [0.717, 1.165) is 24.5 Å². The molecule has 0 aromatic carbocycles. The maximum atomic E-state index is 9.37. The lowest BCUT2D eigenvalue weighted by Gasteiger charge is -2.28. The fourth-order valence-electron chi connectivity index (χ4n) is 1.42. The minimum atomic E-state index is -0.343. The highest BCUT2D eigenvalue weighted by Crippen LogP contribution is 2.18. The van der Waals surface area contributed by atoms with E-state index in [1.54, 1.807) is 0 Å². The zero-order valence-electron chi connectivity index (χ0n) is 11.0. The Morgan fingerprint density at radius 1 is 1.35 bits per heavy atom. The molecule has 1 rings (SSSR count). The molecule has 0 amide bonds. The van der Waals surface area contributed by atoms with E-state index in [1.807, 2.05) is 33.8 Å². The van der Waals surface area contributed by atoms with Crippen LogP contribution in [0.5, 0.6) is 0 Å². The fourth-order valence-corrected chi connectivity index (χ4v) is 1.42. The molecule has 1 unspecified atom stereocenters. The number of aliphatic hydroxyl groups is 1. The molecule has 96 valence electrons. The van der Waals surface area contributed by atoms with Gasteiger partial charge in [-0.1, -0.05) is 6.92 Å². The summed E-state index contributed by atoms with van der Waals surface area (Å²) in [6.07, 6.45) is 0.823. The van der Waals surface area contributed by atoms with Crippen molar-refractivity contribution in [1.29, 1.82) is 0 Å². The van der Waals surface area contributed by atoms with Gasteiger partial charge in [0.25, 0.3) is 0 Å². The summed E-state index contributed by atoms with van der Waals surface area (Å²) in [5, 5.41) is 15.7. The van der Waals surface area contributed by atoms with E-state index in [4.69, 9.17) is 0 Å². The van der Waals surface area contributed by atoms with Gasteiger partial charge in [0, 0.05) is 18.3 Å². The SMILES string of the molecule is CCNc1nc(C)cc(NC(C)(CC)CO)n1. The van der Waals surface area contributed by atoms with Gasteiger partial charge in [-0.3, -0.25) is 0 Å². The number of anilines is 2. The Labute approximate surface area is 103 Å². The minimum Gasteiger partial charge on any atom is -0.394 e. The summed E-state index contributed by atoms with van der Waals surface area (Å²) in [4.78, 5) is 8.64. The molecule has 0 aliphatic heterocycles. The number of aromatic nitrogens is 2. The van der Waals surface area contributed by atoms with Gasteiger partial charge in [-0.15, -0.1) is 0 Å². The van der Waals surface area contributed by atoms with Crippen molar-refractivity contribution < 1.29 is 5.11 Å². The minimum absolute atomic E-state index is 0.0725. The Bertz CT molecular complexity index is 364. The van der Waals surface area contributed by atoms with E-state index < -0.39 is 0 Å². The molecular weight excluding hydrogens is 216 g/mol. The molecule has 1 aromatic rings. The van der Waals surface area contributed by atoms with E-state index in [1.165, 1.54) is 0 Å². The Hall–Kier alpha value is -1.36. The van der Waals surface area contributed by atoms with Gasteiger partial charge in [0.1, 0.15) is 5.82 Å². The molecule has 0 spiro atoms. The molecule has 3 N–H and O–H groups in total. The van der Waals surface area contributed by atoms with Crippen molar-refractivity contribution in [2.75, 3.05) is 23.8 Å². The van der Waals surface area contributed by atoms with Gasteiger partial charge in [0.2, 0.25) is 5.95 Å². The first-order valence-electron chi connectivity index (χ1n) is 6.01. The highest BCUT2D eigenvalue weighted by molar-refractivity contribution is 5.44. The van der Waals surface area contributed by atoms with Crippen LogP contribution in [-0.4, -0.2) is 33.8 Å². The molecule has 0 fully saturated rings. The molecule has 0 saturated carbocycles. The number of nitrogens with one attached hydrogen (secondary N) is 2. The van der Waals surface area contributed by atoms with Gasteiger partial charge in [0.05, 0.1) is 12.1 Å². The lowest BCUT2D eigenvalue weighted by Crippen LogP contribution is -2.38. The largest absolute Gasteiger partial charge is 0.394 e. The third-order valence-corrected chi connectivity index (χ3v) is 2.75. The number of hydrogen-bond acceptors (Lipinski definition) is 5. The maximum absolute atomic E-state index is 9.37. The van der Waals surface area contributed by atoms with Gasteiger partial charge in [-0.2, -0.15) is 4.98 Å². The second-order valence-electron chi connectivity index (χ2n) is 4.45.